The summed E-state index contributed by atoms with van der Waals surface area (Å²) >= 11 is 0. The van der Waals surface area contributed by atoms with E-state index in [2.05, 4.69) is 0 Å². The minimum Gasteiger partial charge on any atom is -0.488 e. The summed E-state index contributed by atoms with van der Waals surface area (Å²) in [6.45, 7) is 1.88. The molecule has 1 atom stereocenters. The van der Waals surface area contributed by atoms with Gasteiger partial charge in [-0.1, -0.05) is 18.2 Å². The lowest BCUT2D eigenvalue weighted by Crippen LogP contribution is -2.15. The van der Waals surface area contributed by atoms with Gasteiger partial charge in [0.05, 0.1) is 6.61 Å². The molecule has 0 aliphatic rings. The highest BCUT2D eigenvalue weighted by Gasteiger charge is 1.99. The van der Waals surface area contributed by atoms with E-state index in [0.29, 0.717) is 0 Å². The summed E-state index contributed by atoms with van der Waals surface area (Å²) in [5.74, 6) is 0.800. The van der Waals surface area contributed by atoms with Gasteiger partial charge in [-0.15, -0.1) is 0 Å². The van der Waals surface area contributed by atoms with Gasteiger partial charge in [-0.05, 0) is 19.1 Å². The van der Waals surface area contributed by atoms with Crippen molar-refractivity contribution < 1.29 is 9.84 Å². The molecule has 0 saturated carbocycles. The number of ether oxygens (including phenoxy) is 1. The van der Waals surface area contributed by atoms with Crippen molar-refractivity contribution in [2.45, 2.75) is 13.0 Å². The van der Waals surface area contributed by atoms with Crippen molar-refractivity contribution in [2.24, 2.45) is 0 Å². The molecule has 1 aromatic rings. The van der Waals surface area contributed by atoms with E-state index < -0.39 is 0 Å². The van der Waals surface area contributed by atoms with Crippen molar-refractivity contribution in [1.29, 1.82) is 0 Å². The zero-order valence-corrected chi connectivity index (χ0v) is 6.53. The zero-order chi connectivity index (χ0) is 8.10. The van der Waals surface area contributed by atoms with Crippen molar-refractivity contribution in [3.05, 3.63) is 30.3 Å². The van der Waals surface area contributed by atoms with Gasteiger partial charge in [-0.3, -0.25) is 0 Å². The fourth-order valence-electron chi connectivity index (χ4n) is 0.769. The second-order valence-electron chi connectivity index (χ2n) is 2.42. The molecule has 11 heavy (non-hydrogen) atoms. The maximum Gasteiger partial charge on any atom is 0.119 e. The lowest BCUT2D eigenvalue weighted by Gasteiger charge is -2.10. The number of benzene rings is 1. The van der Waals surface area contributed by atoms with Crippen LogP contribution in [0, 0.1) is 0 Å². The van der Waals surface area contributed by atoms with E-state index >= 15 is 0 Å². The van der Waals surface area contributed by atoms with Gasteiger partial charge in [0.2, 0.25) is 0 Å². The summed E-state index contributed by atoms with van der Waals surface area (Å²) < 4.78 is 5.31. The molecule has 0 amide bonds. The van der Waals surface area contributed by atoms with Gasteiger partial charge in [0.25, 0.3) is 0 Å². The van der Waals surface area contributed by atoms with Gasteiger partial charge in [0.15, 0.2) is 0 Å². The highest BCUT2D eigenvalue weighted by Crippen LogP contribution is 2.09. The number of hydrogen-bond acceptors (Lipinski definition) is 2. The standard InChI is InChI=1S/C9H12O2/c1-8(7-10)11-9-5-3-2-4-6-9/h2-6,8,10H,7H2,1H3. The summed E-state index contributed by atoms with van der Waals surface area (Å²) in [6, 6.07) is 9.47. The first-order chi connectivity index (χ1) is 5.33. The number of aliphatic hydroxyl groups is 1. The summed E-state index contributed by atoms with van der Waals surface area (Å²) in [7, 11) is 0. The predicted octanol–water partition coefficient (Wildman–Crippen LogP) is 1.45. The van der Waals surface area contributed by atoms with E-state index in [1.807, 2.05) is 37.3 Å². The van der Waals surface area contributed by atoms with Crippen LogP contribution < -0.4 is 4.74 Å². The first-order valence-electron chi connectivity index (χ1n) is 3.65. The van der Waals surface area contributed by atoms with Crippen LogP contribution in [0.2, 0.25) is 0 Å². The molecule has 2 nitrogen and oxygen atoms in total. The third kappa shape index (κ3) is 2.60. The van der Waals surface area contributed by atoms with Crippen LogP contribution in [0.4, 0.5) is 0 Å². The van der Waals surface area contributed by atoms with Crippen molar-refractivity contribution >= 4 is 0 Å². The van der Waals surface area contributed by atoms with Gasteiger partial charge in [-0.2, -0.15) is 0 Å². The van der Waals surface area contributed by atoms with Gasteiger partial charge in [0, 0.05) is 0 Å². The summed E-state index contributed by atoms with van der Waals surface area (Å²) in [5, 5.41) is 8.67. The van der Waals surface area contributed by atoms with Gasteiger partial charge in [0.1, 0.15) is 11.9 Å². The molecule has 0 saturated heterocycles. The molecule has 0 radical (unpaired) electrons. The van der Waals surface area contributed by atoms with E-state index in [1.54, 1.807) is 0 Å². The lowest BCUT2D eigenvalue weighted by molar-refractivity contribution is 0.130. The first-order valence-corrected chi connectivity index (χ1v) is 3.65. The zero-order valence-electron chi connectivity index (χ0n) is 6.53. The second kappa shape index (κ2) is 3.98. The molecule has 0 spiro atoms. The van der Waals surface area contributed by atoms with E-state index in [0.717, 1.165) is 5.75 Å². The van der Waals surface area contributed by atoms with Crippen molar-refractivity contribution in [2.75, 3.05) is 6.61 Å². The Labute approximate surface area is 66.4 Å². The molecule has 1 unspecified atom stereocenters. The Morgan fingerprint density at radius 2 is 2.00 bits per heavy atom. The van der Waals surface area contributed by atoms with Crippen LogP contribution in [0.15, 0.2) is 30.3 Å². The Hall–Kier alpha value is -1.02. The smallest absolute Gasteiger partial charge is 0.119 e. The Morgan fingerprint density at radius 1 is 1.36 bits per heavy atom. The highest BCUT2D eigenvalue weighted by atomic mass is 16.5. The van der Waals surface area contributed by atoms with E-state index in [1.165, 1.54) is 0 Å². The minimum atomic E-state index is -0.127. The predicted molar refractivity (Wildman–Crippen MR) is 43.6 cm³/mol. The normalized spacial score (nSPS) is 12.5. The summed E-state index contributed by atoms with van der Waals surface area (Å²) in [5.41, 5.74) is 0. The Kier molecular flexibility index (Phi) is 2.93. The molecule has 0 aliphatic heterocycles. The van der Waals surface area contributed by atoms with Crippen LogP contribution in [-0.2, 0) is 0 Å². The highest BCUT2D eigenvalue weighted by molar-refractivity contribution is 5.21. The third-order valence-corrected chi connectivity index (χ3v) is 1.34. The van der Waals surface area contributed by atoms with Crippen LogP contribution in [-0.4, -0.2) is 17.8 Å². The number of aliphatic hydroxyl groups excluding tert-OH is 1. The molecule has 60 valence electrons. The summed E-state index contributed by atoms with van der Waals surface area (Å²) in [4.78, 5) is 0. The molecule has 0 bridgehead atoms. The van der Waals surface area contributed by atoms with Gasteiger partial charge < -0.3 is 9.84 Å². The van der Waals surface area contributed by atoms with Crippen LogP contribution in [0.5, 0.6) is 5.75 Å². The maximum absolute atomic E-state index is 8.67. The lowest BCUT2D eigenvalue weighted by atomic mass is 10.3. The SMILES string of the molecule is CC(CO)Oc1ccccc1. The fourth-order valence-corrected chi connectivity index (χ4v) is 0.769. The van der Waals surface area contributed by atoms with Crippen LogP contribution in [0.25, 0.3) is 0 Å². The molecule has 1 rings (SSSR count). The number of hydrogen-bond donors (Lipinski definition) is 1. The number of rotatable bonds is 3. The number of para-hydroxylation sites is 1. The first kappa shape index (κ1) is 8.08. The molecular weight excluding hydrogens is 140 g/mol. The molecule has 1 N–H and O–H groups in total. The van der Waals surface area contributed by atoms with Crippen molar-refractivity contribution in [3.8, 4) is 5.75 Å². The largest absolute Gasteiger partial charge is 0.488 e. The molecule has 2 heteroatoms. The average Bonchev–Trinajstić information content (AvgIpc) is 2.06. The van der Waals surface area contributed by atoms with Crippen molar-refractivity contribution in [1.82, 2.24) is 0 Å². The molecule has 1 aromatic carbocycles. The van der Waals surface area contributed by atoms with E-state index in [-0.39, 0.29) is 12.7 Å². The molecule has 0 fully saturated rings. The van der Waals surface area contributed by atoms with Crippen LogP contribution >= 0.6 is 0 Å². The molecule has 0 aromatic heterocycles. The summed E-state index contributed by atoms with van der Waals surface area (Å²) in [6.07, 6.45) is -0.127. The minimum absolute atomic E-state index is 0.0505. The molecular formula is C9H12O2. The van der Waals surface area contributed by atoms with Gasteiger partial charge >= 0.3 is 0 Å². The Bertz CT molecular complexity index is 196. The van der Waals surface area contributed by atoms with E-state index in [9.17, 15) is 0 Å². The van der Waals surface area contributed by atoms with Crippen LogP contribution in [0.3, 0.4) is 0 Å². The average molecular weight is 152 g/mol. The quantitative estimate of drug-likeness (QED) is 0.710. The fraction of sp³-hybridized carbons (Fsp3) is 0.333. The monoisotopic (exact) mass is 152 g/mol. The maximum atomic E-state index is 8.67. The molecule has 0 heterocycles. The second-order valence-corrected chi connectivity index (χ2v) is 2.42. The Morgan fingerprint density at radius 3 is 2.55 bits per heavy atom. The Balaban J connectivity index is 2.51. The van der Waals surface area contributed by atoms with Crippen LogP contribution in [0.1, 0.15) is 6.92 Å². The van der Waals surface area contributed by atoms with E-state index in [4.69, 9.17) is 9.84 Å². The van der Waals surface area contributed by atoms with Gasteiger partial charge in [-0.25, -0.2) is 0 Å². The van der Waals surface area contributed by atoms with Crippen molar-refractivity contribution in [3.63, 3.8) is 0 Å². The topological polar surface area (TPSA) is 29.5 Å². The third-order valence-electron chi connectivity index (χ3n) is 1.34. The molecule has 0 aliphatic carbocycles.